The van der Waals surface area contributed by atoms with Crippen LogP contribution in [-0.4, -0.2) is 34.0 Å². The highest BCUT2D eigenvalue weighted by Gasteiger charge is 2.14. The van der Waals surface area contributed by atoms with Crippen molar-refractivity contribution in [1.82, 2.24) is 9.47 Å². The summed E-state index contributed by atoms with van der Waals surface area (Å²) in [6, 6.07) is 0. The highest BCUT2D eigenvalue weighted by Crippen LogP contribution is 2.09. The number of hydrogen-bond donors (Lipinski definition) is 1. The summed E-state index contributed by atoms with van der Waals surface area (Å²) < 4.78 is 1.50. The fourth-order valence-electron chi connectivity index (χ4n) is 1.43. The van der Waals surface area contributed by atoms with Gasteiger partial charge in [0.1, 0.15) is 6.54 Å². The van der Waals surface area contributed by atoms with Crippen molar-refractivity contribution in [2.45, 2.75) is 26.8 Å². The molecule has 1 aromatic rings. The van der Waals surface area contributed by atoms with Crippen LogP contribution in [0.1, 0.15) is 17.0 Å². The Hall–Kier alpha value is -1.21. The Morgan fingerprint density at radius 2 is 2.11 bits per heavy atom. The van der Waals surface area contributed by atoms with Crippen LogP contribution in [0.3, 0.4) is 0 Å². The van der Waals surface area contributed by atoms with Gasteiger partial charge in [-0.05, 0) is 13.8 Å². The maximum atomic E-state index is 11.9. The highest BCUT2D eigenvalue weighted by atomic mass is 32.1. The minimum atomic E-state index is -0.116. The molecule has 0 saturated carbocycles. The molecule has 1 amide bonds. The summed E-state index contributed by atoms with van der Waals surface area (Å²) in [5, 5.41) is 0. The SMILES string of the molecule is Cc1sc(=O)n(CC(=O)N(C)CCC(N)=S)c1C. The van der Waals surface area contributed by atoms with Crippen LogP contribution in [0.5, 0.6) is 0 Å². The predicted molar refractivity (Wildman–Crippen MR) is 77.1 cm³/mol. The number of amides is 1. The molecule has 0 aliphatic rings. The molecule has 0 aliphatic heterocycles. The van der Waals surface area contributed by atoms with Crippen molar-refractivity contribution in [3.63, 3.8) is 0 Å². The Balaban J connectivity index is 2.70. The van der Waals surface area contributed by atoms with E-state index < -0.39 is 0 Å². The average Bonchev–Trinajstić information content (AvgIpc) is 2.52. The fraction of sp³-hybridized carbons (Fsp3) is 0.545. The molecule has 2 N–H and O–H groups in total. The largest absolute Gasteiger partial charge is 0.393 e. The zero-order valence-electron chi connectivity index (χ0n) is 10.7. The van der Waals surface area contributed by atoms with E-state index in [1.165, 1.54) is 9.47 Å². The van der Waals surface area contributed by atoms with E-state index >= 15 is 0 Å². The Morgan fingerprint density at radius 3 is 2.56 bits per heavy atom. The number of nitrogens with zero attached hydrogens (tertiary/aromatic N) is 2. The number of hydrogen-bond acceptors (Lipinski definition) is 4. The summed E-state index contributed by atoms with van der Waals surface area (Å²) in [6.45, 7) is 4.27. The Labute approximate surface area is 115 Å². The Kier molecular flexibility index (Phi) is 5.03. The van der Waals surface area contributed by atoms with Crippen molar-refractivity contribution in [3.8, 4) is 0 Å². The van der Waals surface area contributed by atoms with E-state index in [9.17, 15) is 9.59 Å². The number of rotatable bonds is 5. The smallest absolute Gasteiger partial charge is 0.308 e. The lowest BCUT2D eigenvalue weighted by atomic mass is 10.3. The summed E-state index contributed by atoms with van der Waals surface area (Å²) in [4.78, 5) is 26.4. The normalized spacial score (nSPS) is 10.4. The van der Waals surface area contributed by atoms with Crippen molar-refractivity contribution in [1.29, 1.82) is 0 Å². The predicted octanol–water partition coefficient (Wildman–Crippen LogP) is 0.661. The second-order valence-electron chi connectivity index (χ2n) is 4.13. The molecular formula is C11H17N3O2S2. The molecule has 7 heteroatoms. The van der Waals surface area contributed by atoms with Gasteiger partial charge in [-0.25, -0.2) is 0 Å². The third-order valence-electron chi connectivity index (χ3n) is 2.79. The van der Waals surface area contributed by atoms with Crippen LogP contribution in [0.25, 0.3) is 0 Å². The van der Waals surface area contributed by atoms with Gasteiger partial charge in [-0.1, -0.05) is 23.6 Å². The zero-order chi connectivity index (χ0) is 13.9. The molecule has 1 aromatic heterocycles. The van der Waals surface area contributed by atoms with Gasteiger partial charge in [-0.15, -0.1) is 0 Å². The molecule has 18 heavy (non-hydrogen) atoms. The number of carbonyl (C=O) groups excluding carboxylic acids is 1. The van der Waals surface area contributed by atoms with E-state index in [1.807, 2.05) is 13.8 Å². The van der Waals surface area contributed by atoms with Crippen LogP contribution in [0.15, 0.2) is 4.79 Å². The van der Waals surface area contributed by atoms with Gasteiger partial charge in [0.2, 0.25) is 5.91 Å². The third kappa shape index (κ3) is 3.64. The van der Waals surface area contributed by atoms with E-state index in [1.54, 1.807) is 7.05 Å². The first-order valence-electron chi connectivity index (χ1n) is 5.52. The van der Waals surface area contributed by atoms with Crippen molar-refractivity contribution in [2.24, 2.45) is 5.73 Å². The molecule has 0 bridgehead atoms. The average molecular weight is 287 g/mol. The van der Waals surface area contributed by atoms with Gasteiger partial charge >= 0.3 is 4.87 Å². The highest BCUT2D eigenvalue weighted by molar-refractivity contribution is 7.80. The minimum Gasteiger partial charge on any atom is -0.393 e. The summed E-state index contributed by atoms with van der Waals surface area (Å²) in [5.74, 6) is -0.116. The molecule has 5 nitrogen and oxygen atoms in total. The summed E-state index contributed by atoms with van der Waals surface area (Å²) >= 11 is 5.93. The van der Waals surface area contributed by atoms with E-state index in [2.05, 4.69) is 0 Å². The summed E-state index contributed by atoms with van der Waals surface area (Å²) in [7, 11) is 1.68. The number of thiazole rings is 1. The van der Waals surface area contributed by atoms with Crippen molar-refractivity contribution in [2.75, 3.05) is 13.6 Å². The van der Waals surface area contributed by atoms with Gasteiger partial charge in [0, 0.05) is 30.6 Å². The third-order valence-corrected chi connectivity index (χ3v) is 3.99. The van der Waals surface area contributed by atoms with E-state index in [0.29, 0.717) is 18.0 Å². The van der Waals surface area contributed by atoms with Gasteiger partial charge in [-0.3, -0.25) is 14.2 Å². The van der Waals surface area contributed by atoms with E-state index in [0.717, 1.165) is 21.9 Å². The monoisotopic (exact) mass is 287 g/mol. The number of aromatic nitrogens is 1. The fourth-order valence-corrected chi connectivity index (χ4v) is 2.35. The van der Waals surface area contributed by atoms with Crippen LogP contribution in [0.4, 0.5) is 0 Å². The van der Waals surface area contributed by atoms with Crippen molar-refractivity contribution >= 4 is 34.5 Å². The van der Waals surface area contributed by atoms with Crippen LogP contribution >= 0.6 is 23.6 Å². The molecule has 1 rings (SSSR count). The molecule has 0 fully saturated rings. The van der Waals surface area contributed by atoms with Gasteiger partial charge in [0.15, 0.2) is 0 Å². The second kappa shape index (κ2) is 6.10. The van der Waals surface area contributed by atoms with Crippen molar-refractivity contribution < 1.29 is 4.79 Å². The van der Waals surface area contributed by atoms with Gasteiger partial charge < -0.3 is 10.6 Å². The van der Waals surface area contributed by atoms with Gasteiger partial charge in [-0.2, -0.15) is 0 Å². The Morgan fingerprint density at radius 1 is 1.50 bits per heavy atom. The van der Waals surface area contributed by atoms with Crippen LogP contribution in [0.2, 0.25) is 0 Å². The lowest BCUT2D eigenvalue weighted by Crippen LogP contribution is -2.34. The first kappa shape index (κ1) is 14.8. The molecule has 0 saturated heterocycles. The Bertz CT molecular complexity index is 519. The van der Waals surface area contributed by atoms with Crippen LogP contribution in [-0.2, 0) is 11.3 Å². The number of nitrogens with two attached hydrogens (primary N) is 1. The number of likely N-dealkylation sites (N-methyl/N-ethyl adjacent to an activating group) is 1. The second-order valence-corrected chi connectivity index (χ2v) is 5.82. The van der Waals surface area contributed by atoms with E-state index in [-0.39, 0.29) is 17.3 Å². The molecular weight excluding hydrogens is 270 g/mol. The lowest BCUT2D eigenvalue weighted by Gasteiger charge is -2.17. The van der Waals surface area contributed by atoms with Gasteiger partial charge in [0.05, 0.1) is 4.99 Å². The van der Waals surface area contributed by atoms with Gasteiger partial charge in [0.25, 0.3) is 0 Å². The quantitative estimate of drug-likeness (QED) is 0.808. The molecule has 0 spiro atoms. The summed E-state index contributed by atoms with van der Waals surface area (Å²) in [6.07, 6.45) is 0.494. The maximum absolute atomic E-state index is 11.9. The standard InChI is InChI=1S/C11H17N3O2S2/c1-7-8(2)18-11(16)14(7)6-10(15)13(3)5-4-9(12)17/h4-6H2,1-3H3,(H2,12,17). The number of aryl methyl sites for hydroxylation is 1. The molecule has 0 aliphatic carbocycles. The van der Waals surface area contributed by atoms with Crippen LogP contribution in [0, 0.1) is 13.8 Å². The molecule has 0 aromatic carbocycles. The summed E-state index contributed by atoms with van der Waals surface area (Å²) in [5.41, 5.74) is 6.23. The first-order chi connectivity index (χ1) is 8.32. The lowest BCUT2D eigenvalue weighted by molar-refractivity contribution is -0.130. The first-order valence-corrected chi connectivity index (χ1v) is 6.74. The minimum absolute atomic E-state index is 0.0723. The molecule has 1 heterocycles. The number of carbonyl (C=O) groups is 1. The molecule has 100 valence electrons. The molecule has 0 unspecified atom stereocenters. The molecule has 0 atom stereocenters. The maximum Gasteiger partial charge on any atom is 0.308 e. The molecule has 0 radical (unpaired) electrons. The van der Waals surface area contributed by atoms with Crippen LogP contribution < -0.4 is 10.6 Å². The number of thiocarbonyl (C=S) groups is 1. The zero-order valence-corrected chi connectivity index (χ0v) is 12.4. The topological polar surface area (TPSA) is 68.3 Å². The van der Waals surface area contributed by atoms with E-state index in [4.69, 9.17) is 18.0 Å². The van der Waals surface area contributed by atoms with Crippen molar-refractivity contribution in [3.05, 3.63) is 20.2 Å².